The Morgan fingerprint density at radius 1 is 1.09 bits per heavy atom. The Morgan fingerprint density at radius 2 is 1.94 bits per heavy atom. The van der Waals surface area contributed by atoms with Crippen molar-refractivity contribution in [1.29, 1.82) is 0 Å². The summed E-state index contributed by atoms with van der Waals surface area (Å²) >= 11 is 0. The van der Waals surface area contributed by atoms with Gasteiger partial charge in [-0.1, -0.05) is 6.07 Å². The smallest absolute Gasteiger partial charge is 0.320 e. The highest BCUT2D eigenvalue weighted by atomic mass is 19.1. The highest BCUT2D eigenvalue weighted by Crippen LogP contribution is 2.28. The molecule has 0 amide bonds. The molecule has 0 spiro atoms. The van der Waals surface area contributed by atoms with Crippen LogP contribution in [0, 0.1) is 5.82 Å². The minimum atomic E-state index is -0.470. The van der Waals surface area contributed by atoms with Gasteiger partial charge in [-0.25, -0.2) is 14.4 Å². The van der Waals surface area contributed by atoms with Crippen molar-refractivity contribution in [2.45, 2.75) is 19.9 Å². The summed E-state index contributed by atoms with van der Waals surface area (Å²) in [7, 11) is 4.05. The van der Waals surface area contributed by atoms with Gasteiger partial charge in [0.15, 0.2) is 17.0 Å². The summed E-state index contributed by atoms with van der Waals surface area (Å²) in [6, 6.07) is 5.25. The third-order valence-electron chi connectivity index (χ3n) is 4.98. The van der Waals surface area contributed by atoms with E-state index in [1.807, 2.05) is 37.7 Å². The molecule has 0 bridgehead atoms. The number of anilines is 1. The van der Waals surface area contributed by atoms with Gasteiger partial charge in [0.1, 0.15) is 11.6 Å². The average molecular weight is 467 g/mol. The van der Waals surface area contributed by atoms with E-state index in [0.717, 1.165) is 24.7 Å². The average Bonchev–Trinajstić information content (AvgIpc) is 3.17. The lowest BCUT2D eigenvalue weighted by atomic mass is 10.2. The van der Waals surface area contributed by atoms with Gasteiger partial charge in [-0.2, -0.15) is 9.97 Å². The summed E-state index contributed by atoms with van der Waals surface area (Å²) in [4.78, 5) is 23.7. The Labute approximate surface area is 196 Å². The Morgan fingerprint density at radius 3 is 2.65 bits per heavy atom. The monoisotopic (exact) mass is 466 g/mol. The first-order chi connectivity index (χ1) is 16.4. The molecule has 0 fully saturated rings. The van der Waals surface area contributed by atoms with E-state index in [0.29, 0.717) is 48.2 Å². The first-order valence-electron chi connectivity index (χ1n) is 10.9. The maximum absolute atomic E-state index is 13.9. The van der Waals surface area contributed by atoms with E-state index in [9.17, 15) is 4.39 Å². The molecule has 34 heavy (non-hydrogen) atoms. The molecule has 4 heterocycles. The molecule has 4 aromatic heterocycles. The number of imidazole rings is 1. The van der Waals surface area contributed by atoms with Crippen molar-refractivity contribution in [3.63, 3.8) is 0 Å². The second kappa shape index (κ2) is 10.4. The number of hydrogen-bond acceptors (Lipinski definition) is 9. The summed E-state index contributed by atoms with van der Waals surface area (Å²) in [5.74, 6) is 0.721. The molecule has 0 radical (unpaired) electrons. The summed E-state index contributed by atoms with van der Waals surface area (Å²) in [5.41, 5.74) is 8.38. The van der Waals surface area contributed by atoms with Gasteiger partial charge in [0.25, 0.3) is 0 Å². The van der Waals surface area contributed by atoms with E-state index in [-0.39, 0.29) is 11.8 Å². The molecule has 4 aromatic rings. The van der Waals surface area contributed by atoms with E-state index >= 15 is 0 Å². The van der Waals surface area contributed by atoms with Crippen molar-refractivity contribution in [3.05, 3.63) is 48.2 Å². The van der Waals surface area contributed by atoms with Crippen LogP contribution < -0.4 is 15.2 Å². The maximum Gasteiger partial charge on any atom is 0.320 e. The Kier molecular flexibility index (Phi) is 7.12. The molecular formula is C23H27FN8O2. The maximum atomic E-state index is 13.9. The van der Waals surface area contributed by atoms with Crippen LogP contribution in [0.3, 0.4) is 0 Å². The van der Waals surface area contributed by atoms with E-state index in [4.69, 9.17) is 15.2 Å². The predicted octanol–water partition coefficient (Wildman–Crippen LogP) is 2.78. The zero-order valence-electron chi connectivity index (χ0n) is 19.4. The molecule has 0 saturated carbocycles. The van der Waals surface area contributed by atoms with Crippen molar-refractivity contribution in [1.82, 2.24) is 34.4 Å². The largest absolute Gasteiger partial charge is 0.478 e. The molecule has 4 rings (SSSR count). The lowest BCUT2D eigenvalue weighted by Crippen LogP contribution is -2.15. The van der Waals surface area contributed by atoms with Crippen molar-refractivity contribution < 1.29 is 13.9 Å². The highest BCUT2D eigenvalue weighted by molar-refractivity contribution is 5.85. The van der Waals surface area contributed by atoms with Crippen molar-refractivity contribution in [2.75, 3.05) is 39.6 Å². The molecule has 0 aliphatic heterocycles. The van der Waals surface area contributed by atoms with Crippen LogP contribution in [0.4, 0.5) is 10.2 Å². The summed E-state index contributed by atoms with van der Waals surface area (Å²) < 4.78 is 26.9. The molecule has 178 valence electrons. The lowest BCUT2D eigenvalue weighted by molar-refractivity contribution is 0.273. The molecule has 0 aliphatic carbocycles. The second-order valence-corrected chi connectivity index (χ2v) is 7.92. The normalized spacial score (nSPS) is 11.3. The first-order valence-corrected chi connectivity index (χ1v) is 10.9. The standard InChI is InChI=1S/C23H27FN8O2/c1-4-33-23-29-20(25)19-22(30-23)32(21(28-19)16-10-17(24)13-26-12-16)14-15-6-7-18(27-11-15)34-9-5-8-31(2)3/h6-7,10-13H,4-5,8-9,14H2,1-3H3,(H2,25,29,30). The predicted molar refractivity (Wildman–Crippen MR) is 126 cm³/mol. The van der Waals surface area contributed by atoms with Crippen LogP contribution in [-0.2, 0) is 6.54 Å². The van der Waals surface area contributed by atoms with Gasteiger partial charge in [-0.3, -0.25) is 4.98 Å². The number of nitrogens with two attached hydrogens (primary N) is 1. The van der Waals surface area contributed by atoms with Gasteiger partial charge in [-0.05, 0) is 39.1 Å². The molecule has 2 N–H and O–H groups in total. The lowest BCUT2D eigenvalue weighted by Gasteiger charge is -2.11. The Hall–Kier alpha value is -3.86. The minimum absolute atomic E-state index is 0.150. The number of ether oxygens (including phenoxy) is 2. The Balaban J connectivity index is 1.67. The van der Waals surface area contributed by atoms with E-state index in [1.54, 1.807) is 6.20 Å². The Bertz CT molecular complexity index is 1260. The number of aromatic nitrogens is 6. The molecule has 0 aliphatic rings. The van der Waals surface area contributed by atoms with Crippen LogP contribution in [0.5, 0.6) is 11.9 Å². The summed E-state index contributed by atoms with van der Waals surface area (Å²) in [6.07, 6.45) is 5.32. The fraction of sp³-hybridized carbons (Fsp3) is 0.348. The number of hydrogen-bond donors (Lipinski definition) is 1. The van der Waals surface area contributed by atoms with Crippen molar-refractivity contribution in [2.24, 2.45) is 0 Å². The highest BCUT2D eigenvalue weighted by Gasteiger charge is 2.19. The number of fused-ring (bicyclic) bond motifs is 1. The number of nitrogens with zero attached hydrogens (tertiary/aromatic N) is 7. The van der Waals surface area contributed by atoms with Gasteiger partial charge in [-0.15, -0.1) is 0 Å². The van der Waals surface area contributed by atoms with E-state index in [2.05, 4.69) is 29.8 Å². The van der Waals surface area contributed by atoms with Crippen LogP contribution in [0.15, 0.2) is 36.8 Å². The van der Waals surface area contributed by atoms with Gasteiger partial charge in [0.05, 0.1) is 26.0 Å². The number of halogens is 1. The fourth-order valence-corrected chi connectivity index (χ4v) is 3.43. The summed E-state index contributed by atoms with van der Waals surface area (Å²) in [6.45, 7) is 4.11. The quantitative estimate of drug-likeness (QED) is 0.352. The van der Waals surface area contributed by atoms with Gasteiger partial charge < -0.3 is 24.7 Å². The fourth-order valence-electron chi connectivity index (χ4n) is 3.43. The van der Waals surface area contributed by atoms with Crippen molar-refractivity contribution >= 4 is 17.0 Å². The molecule has 0 aromatic carbocycles. The molecule has 0 unspecified atom stereocenters. The summed E-state index contributed by atoms with van der Waals surface area (Å²) in [5, 5.41) is 0. The van der Waals surface area contributed by atoms with Crippen LogP contribution in [0.2, 0.25) is 0 Å². The van der Waals surface area contributed by atoms with E-state index in [1.165, 1.54) is 12.3 Å². The number of nitrogen functional groups attached to an aromatic ring is 1. The van der Waals surface area contributed by atoms with Gasteiger partial charge in [0.2, 0.25) is 5.88 Å². The van der Waals surface area contributed by atoms with Crippen LogP contribution in [0.1, 0.15) is 18.9 Å². The topological polar surface area (TPSA) is 117 Å². The van der Waals surface area contributed by atoms with Gasteiger partial charge >= 0.3 is 6.01 Å². The third kappa shape index (κ3) is 5.37. The second-order valence-electron chi connectivity index (χ2n) is 7.92. The van der Waals surface area contributed by atoms with Crippen LogP contribution in [0.25, 0.3) is 22.6 Å². The first kappa shape index (κ1) is 23.3. The van der Waals surface area contributed by atoms with Crippen molar-refractivity contribution in [3.8, 4) is 23.3 Å². The zero-order chi connectivity index (χ0) is 24.1. The molecular weight excluding hydrogens is 439 g/mol. The number of pyridine rings is 2. The van der Waals surface area contributed by atoms with E-state index < -0.39 is 5.82 Å². The molecule has 11 heteroatoms. The van der Waals surface area contributed by atoms with Crippen LogP contribution in [-0.4, -0.2) is 68.2 Å². The molecule has 0 saturated heterocycles. The third-order valence-corrected chi connectivity index (χ3v) is 4.98. The molecule has 10 nitrogen and oxygen atoms in total. The zero-order valence-corrected chi connectivity index (χ0v) is 19.4. The molecule has 0 atom stereocenters. The minimum Gasteiger partial charge on any atom is -0.478 e. The van der Waals surface area contributed by atoms with Gasteiger partial charge in [0, 0.05) is 30.6 Å². The SMILES string of the molecule is CCOc1nc(N)c2nc(-c3cncc(F)c3)n(Cc3ccc(OCCCN(C)C)nc3)c2n1. The number of rotatable bonds is 10. The van der Waals surface area contributed by atoms with Crippen LogP contribution >= 0.6 is 0 Å².